The number of rotatable bonds is 10. The van der Waals surface area contributed by atoms with E-state index >= 15 is 0 Å². The van der Waals surface area contributed by atoms with Crippen LogP contribution in [0.4, 0.5) is 5.69 Å². The lowest BCUT2D eigenvalue weighted by atomic mass is 9.95. The Labute approximate surface area is 155 Å². The van der Waals surface area contributed by atoms with Gasteiger partial charge in [0.15, 0.2) is 6.29 Å². The highest BCUT2D eigenvalue weighted by atomic mass is 79.9. The summed E-state index contributed by atoms with van der Waals surface area (Å²) in [5.41, 5.74) is 1.30. The van der Waals surface area contributed by atoms with E-state index in [1.54, 1.807) is 0 Å². The van der Waals surface area contributed by atoms with Crippen LogP contribution in [0.2, 0.25) is 0 Å². The lowest BCUT2D eigenvalue weighted by Gasteiger charge is -2.37. The predicted octanol–water partition coefficient (Wildman–Crippen LogP) is 5.63. The van der Waals surface area contributed by atoms with E-state index in [4.69, 9.17) is 9.47 Å². The van der Waals surface area contributed by atoms with Crippen LogP contribution in [0.25, 0.3) is 0 Å². The molecule has 1 aromatic rings. The van der Waals surface area contributed by atoms with E-state index in [1.165, 1.54) is 18.5 Å². The summed E-state index contributed by atoms with van der Waals surface area (Å²) < 4.78 is 13.3. The zero-order valence-electron chi connectivity index (χ0n) is 15.2. The fourth-order valence-electron chi connectivity index (χ4n) is 3.11. The molecule has 0 N–H and O–H groups in total. The van der Waals surface area contributed by atoms with Crippen molar-refractivity contribution >= 4 is 21.6 Å². The molecule has 1 aliphatic heterocycles. The van der Waals surface area contributed by atoms with Crippen LogP contribution in [-0.4, -0.2) is 32.6 Å². The monoisotopic (exact) mass is 397 g/mol. The number of hydrogen-bond acceptors (Lipinski definition) is 3. The number of anilines is 1. The van der Waals surface area contributed by atoms with Crippen molar-refractivity contribution in [1.82, 2.24) is 0 Å². The standard InChI is InChI=1S/C20H32BrNO2/c1-3-5-14-23-20(24-15-6-4-2)17-10-12-22(13-11-17)19-9-7-8-18(21)16-19/h7-9,16-17,20H,3-6,10-15H2,1-2H3. The molecule has 4 heteroatoms. The molecule has 0 bridgehead atoms. The fraction of sp³-hybridized carbons (Fsp3) is 0.700. The molecule has 2 rings (SSSR count). The molecule has 1 fully saturated rings. The van der Waals surface area contributed by atoms with E-state index < -0.39 is 0 Å². The van der Waals surface area contributed by atoms with Gasteiger partial charge in [0.05, 0.1) is 0 Å². The quantitative estimate of drug-likeness (QED) is 0.377. The van der Waals surface area contributed by atoms with Crippen molar-refractivity contribution in [1.29, 1.82) is 0 Å². The highest BCUT2D eigenvalue weighted by molar-refractivity contribution is 9.10. The molecule has 0 aliphatic carbocycles. The van der Waals surface area contributed by atoms with Gasteiger partial charge in [0.1, 0.15) is 0 Å². The third-order valence-corrected chi connectivity index (χ3v) is 5.15. The molecule has 1 aliphatic rings. The number of unbranched alkanes of at least 4 members (excludes halogenated alkanes) is 2. The minimum absolute atomic E-state index is 0.0206. The number of benzene rings is 1. The second-order valence-electron chi connectivity index (χ2n) is 6.62. The van der Waals surface area contributed by atoms with E-state index in [2.05, 4.69) is 58.9 Å². The number of halogens is 1. The maximum atomic E-state index is 6.08. The summed E-state index contributed by atoms with van der Waals surface area (Å²) in [6.45, 7) is 8.19. The largest absolute Gasteiger partial charge is 0.371 e. The first-order valence-corrected chi connectivity index (χ1v) is 10.3. The van der Waals surface area contributed by atoms with Gasteiger partial charge in [-0.2, -0.15) is 0 Å². The van der Waals surface area contributed by atoms with Crippen molar-refractivity contribution in [3.63, 3.8) is 0 Å². The normalized spacial score (nSPS) is 16.1. The zero-order valence-corrected chi connectivity index (χ0v) is 16.8. The summed E-state index contributed by atoms with van der Waals surface area (Å²) in [5, 5.41) is 0. The van der Waals surface area contributed by atoms with Crippen LogP contribution in [0.3, 0.4) is 0 Å². The minimum atomic E-state index is -0.0206. The van der Waals surface area contributed by atoms with Gasteiger partial charge in [0.25, 0.3) is 0 Å². The summed E-state index contributed by atoms with van der Waals surface area (Å²) in [4.78, 5) is 2.47. The fourth-order valence-corrected chi connectivity index (χ4v) is 3.50. The van der Waals surface area contributed by atoms with Crippen molar-refractivity contribution in [3.8, 4) is 0 Å². The Morgan fingerprint density at radius 1 is 1.08 bits per heavy atom. The molecule has 0 unspecified atom stereocenters. The van der Waals surface area contributed by atoms with E-state index in [-0.39, 0.29) is 6.29 Å². The average Bonchev–Trinajstić information content (AvgIpc) is 2.61. The molecule has 0 radical (unpaired) electrons. The van der Waals surface area contributed by atoms with Gasteiger partial charge in [-0.05, 0) is 43.9 Å². The van der Waals surface area contributed by atoms with Gasteiger partial charge >= 0.3 is 0 Å². The topological polar surface area (TPSA) is 21.7 Å². The lowest BCUT2D eigenvalue weighted by Crippen LogP contribution is -2.40. The van der Waals surface area contributed by atoms with Crippen LogP contribution < -0.4 is 4.90 Å². The molecule has 3 nitrogen and oxygen atoms in total. The maximum Gasteiger partial charge on any atom is 0.160 e. The van der Waals surface area contributed by atoms with Crippen molar-refractivity contribution in [2.45, 2.75) is 58.7 Å². The van der Waals surface area contributed by atoms with Gasteiger partial charge in [-0.3, -0.25) is 0 Å². The first-order chi connectivity index (χ1) is 11.7. The molecule has 24 heavy (non-hydrogen) atoms. The summed E-state index contributed by atoms with van der Waals surface area (Å²) >= 11 is 3.57. The Balaban J connectivity index is 1.85. The molecular formula is C20H32BrNO2. The van der Waals surface area contributed by atoms with Crippen molar-refractivity contribution in [3.05, 3.63) is 28.7 Å². The van der Waals surface area contributed by atoms with Crippen molar-refractivity contribution < 1.29 is 9.47 Å². The first kappa shape index (κ1) is 19.7. The van der Waals surface area contributed by atoms with Gasteiger partial charge in [-0.1, -0.05) is 48.7 Å². The second-order valence-corrected chi connectivity index (χ2v) is 7.54. The van der Waals surface area contributed by atoms with Gasteiger partial charge < -0.3 is 14.4 Å². The number of hydrogen-bond donors (Lipinski definition) is 0. The number of ether oxygens (including phenoxy) is 2. The van der Waals surface area contributed by atoms with E-state index in [9.17, 15) is 0 Å². The smallest absolute Gasteiger partial charge is 0.160 e. The molecule has 0 atom stereocenters. The lowest BCUT2D eigenvalue weighted by molar-refractivity contribution is -0.177. The Morgan fingerprint density at radius 2 is 1.71 bits per heavy atom. The highest BCUT2D eigenvalue weighted by Gasteiger charge is 2.28. The summed E-state index contributed by atoms with van der Waals surface area (Å²) in [6.07, 6.45) is 6.82. The molecule has 0 amide bonds. The molecule has 0 aromatic heterocycles. The van der Waals surface area contributed by atoms with Crippen LogP contribution >= 0.6 is 15.9 Å². The summed E-state index contributed by atoms with van der Waals surface area (Å²) in [5.74, 6) is 0.516. The van der Waals surface area contributed by atoms with Gasteiger partial charge in [0, 0.05) is 42.4 Å². The molecule has 0 saturated carbocycles. The van der Waals surface area contributed by atoms with Crippen LogP contribution in [0.1, 0.15) is 52.4 Å². The molecule has 1 aromatic carbocycles. The summed E-state index contributed by atoms with van der Waals surface area (Å²) in [7, 11) is 0. The minimum Gasteiger partial charge on any atom is -0.371 e. The van der Waals surface area contributed by atoms with Crippen LogP contribution in [0.5, 0.6) is 0 Å². The van der Waals surface area contributed by atoms with E-state index in [0.717, 1.165) is 56.5 Å². The van der Waals surface area contributed by atoms with Gasteiger partial charge in [-0.25, -0.2) is 0 Å². The van der Waals surface area contributed by atoms with Crippen LogP contribution in [0.15, 0.2) is 28.7 Å². The van der Waals surface area contributed by atoms with Crippen molar-refractivity contribution in [2.75, 3.05) is 31.2 Å². The SMILES string of the molecule is CCCCOC(OCCCC)C1CCN(c2cccc(Br)c2)CC1. The van der Waals surface area contributed by atoms with Crippen molar-refractivity contribution in [2.24, 2.45) is 5.92 Å². The number of piperidine rings is 1. The predicted molar refractivity (Wildman–Crippen MR) is 105 cm³/mol. The first-order valence-electron chi connectivity index (χ1n) is 9.48. The molecule has 1 heterocycles. The van der Waals surface area contributed by atoms with Crippen LogP contribution in [0, 0.1) is 5.92 Å². The number of nitrogens with zero attached hydrogens (tertiary/aromatic N) is 1. The van der Waals surface area contributed by atoms with Crippen LogP contribution in [-0.2, 0) is 9.47 Å². The zero-order chi connectivity index (χ0) is 17.2. The maximum absolute atomic E-state index is 6.08. The average molecular weight is 398 g/mol. The molecule has 1 saturated heterocycles. The van der Waals surface area contributed by atoms with E-state index in [1.807, 2.05) is 0 Å². The Hall–Kier alpha value is -0.580. The highest BCUT2D eigenvalue weighted by Crippen LogP contribution is 2.28. The van der Waals surface area contributed by atoms with E-state index in [0.29, 0.717) is 5.92 Å². The third-order valence-electron chi connectivity index (χ3n) is 4.66. The molecule has 136 valence electrons. The Morgan fingerprint density at radius 3 is 2.25 bits per heavy atom. The van der Waals surface area contributed by atoms with Gasteiger partial charge in [0.2, 0.25) is 0 Å². The molecular weight excluding hydrogens is 366 g/mol. The summed E-state index contributed by atoms with van der Waals surface area (Å²) in [6, 6.07) is 8.58. The Bertz CT molecular complexity index is 451. The Kier molecular flexibility index (Phi) is 9.14. The third kappa shape index (κ3) is 6.38. The second kappa shape index (κ2) is 11.1. The van der Waals surface area contributed by atoms with Gasteiger partial charge in [-0.15, -0.1) is 0 Å². The molecule has 0 spiro atoms.